The summed E-state index contributed by atoms with van der Waals surface area (Å²) in [6, 6.07) is 6.24. The Hall–Kier alpha value is -0.910. The summed E-state index contributed by atoms with van der Waals surface area (Å²) in [5.74, 6) is 0. The van der Waals surface area contributed by atoms with Gasteiger partial charge in [-0.25, -0.2) is 9.97 Å². The molecule has 0 aliphatic rings. The molecule has 18 heavy (non-hydrogen) atoms. The maximum Gasteiger partial charge on any atom is 0.192 e. The SMILES string of the molecule is CNCc1cc(Br)ccc1Sc1ncc(C)cn1. The number of halogens is 1. The maximum absolute atomic E-state index is 4.32. The molecular weight excluding hydrogens is 310 g/mol. The summed E-state index contributed by atoms with van der Waals surface area (Å²) in [6.07, 6.45) is 3.68. The molecule has 0 atom stereocenters. The van der Waals surface area contributed by atoms with E-state index in [0.717, 1.165) is 21.7 Å². The highest BCUT2D eigenvalue weighted by molar-refractivity contribution is 9.10. The Morgan fingerprint density at radius 2 is 2.00 bits per heavy atom. The number of aryl methyl sites for hydroxylation is 1. The normalized spacial score (nSPS) is 10.6. The highest BCUT2D eigenvalue weighted by atomic mass is 79.9. The molecule has 0 spiro atoms. The van der Waals surface area contributed by atoms with Crippen molar-refractivity contribution in [3.05, 3.63) is 46.2 Å². The summed E-state index contributed by atoms with van der Waals surface area (Å²) >= 11 is 5.08. The molecule has 1 heterocycles. The summed E-state index contributed by atoms with van der Waals surface area (Å²) in [5.41, 5.74) is 2.31. The summed E-state index contributed by atoms with van der Waals surface area (Å²) in [5, 5.41) is 3.95. The highest BCUT2D eigenvalue weighted by Crippen LogP contribution is 2.29. The Morgan fingerprint density at radius 3 is 2.67 bits per heavy atom. The fourth-order valence-corrected chi connectivity index (χ4v) is 2.72. The van der Waals surface area contributed by atoms with E-state index in [1.165, 1.54) is 10.5 Å². The Morgan fingerprint density at radius 1 is 1.28 bits per heavy atom. The van der Waals surface area contributed by atoms with Crippen LogP contribution in [0.25, 0.3) is 0 Å². The second-order valence-corrected chi connectivity index (χ2v) is 5.85. The Labute approximate surface area is 120 Å². The average Bonchev–Trinajstić information content (AvgIpc) is 2.36. The van der Waals surface area contributed by atoms with Crippen molar-refractivity contribution in [1.82, 2.24) is 15.3 Å². The largest absolute Gasteiger partial charge is 0.316 e. The smallest absolute Gasteiger partial charge is 0.192 e. The minimum absolute atomic E-state index is 0.778. The first kappa shape index (κ1) is 13.5. The molecule has 0 aliphatic carbocycles. The van der Waals surface area contributed by atoms with Crippen LogP contribution in [0.5, 0.6) is 0 Å². The fraction of sp³-hybridized carbons (Fsp3) is 0.231. The van der Waals surface area contributed by atoms with Gasteiger partial charge in [-0.2, -0.15) is 0 Å². The molecule has 1 aromatic carbocycles. The third-order valence-corrected chi connectivity index (χ3v) is 3.85. The molecule has 0 saturated heterocycles. The van der Waals surface area contributed by atoms with Crippen molar-refractivity contribution in [2.24, 2.45) is 0 Å². The lowest BCUT2D eigenvalue weighted by molar-refractivity contribution is 0.802. The molecule has 5 heteroatoms. The second-order valence-electron chi connectivity index (χ2n) is 3.93. The lowest BCUT2D eigenvalue weighted by Gasteiger charge is -2.08. The molecule has 94 valence electrons. The van der Waals surface area contributed by atoms with Crippen molar-refractivity contribution < 1.29 is 0 Å². The van der Waals surface area contributed by atoms with Crippen LogP contribution in [0.2, 0.25) is 0 Å². The van der Waals surface area contributed by atoms with Gasteiger partial charge >= 0.3 is 0 Å². The van der Waals surface area contributed by atoms with Crippen LogP contribution < -0.4 is 5.32 Å². The van der Waals surface area contributed by atoms with Crippen LogP contribution in [0.4, 0.5) is 0 Å². The zero-order valence-electron chi connectivity index (χ0n) is 10.3. The Balaban J connectivity index is 2.25. The quantitative estimate of drug-likeness (QED) is 0.875. The maximum atomic E-state index is 4.32. The zero-order valence-corrected chi connectivity index (χ0v) is 12.7. The third kappa shape index (κ3) is 3.54. The predicted octanol–water partition coefficient (Wildman–Crippen LogP) is 3.42. The first-order valence-electron chi connectivity index (χ1n) is 5.58. The number of hydrogen-bond donors (Lipinski definition) is 1. The van der Waals surface area contributed by atoms with Crippen molar-refractivity contribution in [1.29, 1.82) is 0 Å². The molecule has 0 aliphatic heterocycles. The van der Waals surface area contributed by atoms with E-state index in [1.807, 2.05) is 32.4 Å². The molecule has 0 fully saturated rings. The van der Waals surface area contributed by atoms with Crippen molar-refractivity contribution >= 4 is 27.7 Å². The monoisotopic (exact) mass is 323 g/mol. The summed E-state index contributed by atoms with van der Waals surface area (Å²) in [4.78, 5) is 9.81. The van der Waals surface area contributed by atoms with Gasteiger partial charge in [0.1, 0.15) is 0 Å². The number of nitrogens with zero attached hydrogens (tertiary/aromatic N) is 2. The van der Waals surface area contributed by atoms with E-state index in [9.17, 15) is 0 Å². The first-order chi connectivity index (χ1) is 8.69. The molecule has 0 unspecified atom stereocenters. The average molecular weight is 324 g/mol. The van der Waals surface area contributed by atoms with E-state index in [1.54, 1.807) is 11.8 Å². The third-order valence-electron chi connectivity index (χ3n) is 2.35. The van der Waals surface area contributed by atoms with Crippen molar-refractivity contribution in [3.63, 3.8) is 0 Å². The Bertz CT molecular complexity index is 528. The van der Waals surface area contributed by atoms with Gasteiger partial charge in [0.15, 0.2) is 5.16 Å². The first-order valence-corrected chi connectivity index (χ1v) is 7.19. The lowest BCUT2D eigenvalue weighted by atomic mass is 10.2. The van der Waals surface area contributed by atoms with Gasteiger partial charge in [0.25, 0.3) is 0 Å². The number of rotatable bonds is 4. The van der Waals surface area contributed by atoms with Crippen LogP contribution >= 0.6 is 27.7 Å². The van der Waals surface area contributed by atoms with Crippen LogP contribution in [0.3, 0.4) is 0 Å². The van der Waals surface area contributed by atoms with Crippen LogP contribution in [0, 0.1) is 6.92 Å². The molecule has 2 aromatic rings. The molecule has 1 aromatic heterocycles. The van der Waals surface area contributed by atoms with E-state index in [0.29, 0.717) is 0 Å². The van der Waals surface area contributed by atoms with E-state index in [2.05, 4.69) is 43.3 Å². The molecular formula is C13H14BrN3S. The van der Waals surface area contributed by atoms with Gasteiger partial charge in [-0.05, 0) is 55.1 Å². The standard InChI is InChI=1S/C13H14BrN3S/c1-9-6-16-13(17-7-9)18-12-4-3-11(14)5-10(12)8-15-2/h3-7,15H,8H2,1-2H3. The summed E-state index contributed by atoms with van der Waals surface area (Å²) in [7, 11) is 1.94. The van der Waals surface area contributed by atoms with E-state index in [-0.39, 0.29) is 0 Å². The molecule has 1 N–H and O–H groups in total. The predicted molar refractivity (Wildman–Crippen MR) is 77.8 cm³/mol. The second kappa shape index (κ2) is 6.31. The number of hydrogen-bond acceptors (Lipinski definition) is 4. The van der Waals surface area contributed by atoms with Crippen molar-refractivity contribution in [2.45, 2.75) is 23.5 Å². The number of aromatic nitrogens is 2. The molecule has 3 nitrogen and oxygen atoms in total. The molecule has 0 radical (unpaired) electrons. The van der Waals surface area contributed by atoms with Crippen LogP contribution in [-0.4, -0.2) is 17.0 Å². The topological polar surface area (TPSA) is 37.8 Å². The molecule has 0 saturated carbocycles. The van der Waals surface area contributed by atoms with E-state index in [4.69, 9.17) is 0 Å². The Kier molecular flexibility index (Phi) is 4.74. The molecule has 0 amide bonds. The van der Waals surface area contributed by atoms with Crippen molar-refractivity contribution in [3.8, 4) is 0 Å². The van der Waals surface area contributed by atoms with Gasteiger partial charge in [-0.1, -0.05) is 15.9 Å². The van der Waals surface area contributed by atoms with Gasteiger partial charge in [0.05, 0.1) is 0 Å². The summed E-state index contributed by atoms with van der Waals surface area (Å²) < 4.78 is 1.09. The van der Waals surface area contributed by atoms with Crippen LogP contribution in [-0.2, 0) is 6.54 Å². The van der Waals surface area contributed by atoms with E-state index >= 15 is 0 Å². The fourth-order valence-electron chi connectivity index (χ4n) is 1.51. The van der Waals surface area contributed by atoms with Gasteiger partial charge in [-0.15, -0.1) is 0 Å². The van der Waals surface area contributed by atoms with E-state index < -0.39 is 0 Å². The minimum Gasteiger partial charge on any atom is -0.316 e. The number of nitrogens with one attached hydrogen (secondary N) is 1. The van der Waals surface area contributed by atoms with Gasteiger partial charge in [0.2, 0.25) is 0 Å². The minimum atomic E-state index is 0.778. The van der Waals surface area contributed by atoms with Crippen LogP contribution in [0.1, 0.15) is 11.1 Å². The zero-order chi connectivity index (χ0) is 13.0. The number of benzene rings is 1. The van der Waals surface area contributed by atoms with Gasteiger partial charge < -0.3 is 5.32 Å². The molecule has 2 rings (SSSR count). The summed E-state index contributed by atoms with van der Waals surface area (Å²) in [6.45, 7) is 2.81. The van der Waals surface area contributed by atoms with Gasteiger partial charge in [0, 0.05) is 28.3 Å². The van der Waals surface area contributed by atoms with Crippen molar-refractivity contribution in [2.75, 3.05) is 7.05 Å². The van der Waals surface area contributed by atoms with Crippen LogP contribution in [0.15, 0.2) is 45.1 Å². The van der Waals surface area contributed by atoms with Gasteiger partial charge in [-0.3, -0.25) is 0 Å². The molecule has 0 bridgehead atoms. The lowest BCUT2D eigenvalue weighted by Crippen LogP contribution is -2.06. The highest BCUT2D eigenvalue weighted by Gasteiger charge is 2.06.